The summed E-state index contributed by atoms with van der Waals surface area (Å²) in [5.74, 6) is 1.58. The maximum absolute atomic E-state index is 5.90. The van der Waals surface area contributed by atoms with E-state index in [1.807, 2.05) is 0 Å². The Bertz CT molecular complexity index is 279. The number of likely N-dealkylation sites (N-methyl/N-ethyl adjacent to an activating group) is 1. The van der Waals surface area contributed by atoms with E-state index >= 15 is 0 Å². The number of hydrogen-bond donors (Lipinski definition) is 2. The molecular formula is C14H29IN4. The number of rotatable bonds is 6. The largest absolute Gasteiger partial charge is 0.370 e. The summed E-state index contributed by atoms with van der Waals surface area (Å²) in [5, 5.41) is 3.25. The highest BCUT2D eigenvalue weighted by atomic mass is 127. The van der Waals surface area contributed by atoms with Crippen molar-refractivity contribution in [3.8, 4) is 0 Å². The van der Waals surface area contributed by atoms with E-state index in [0.29, 0.717) is 12.0 Å². The van der Waals surface area contributed by atoms with Gasteiger partial charge in [-0.2, -0.15) is 0 Å². The molecule has 19 heavy (non-hydrogen) atoms. The summed E-state index contributed by atoms with van der Waals surface area (Å²) in [7, 11) is 0. The van der Waals surface area contributed by atoms with Crippen LogP contribution in [-0.4, -0.2) is 43.1 Å². The smallest absolute Gasteiger partial charge is 0.188 e. The molecule has 1 atom stereocenters. The first-order chi connectivity index (χ1) is 8.79. The number of hydrogen-bond acceptors (Lipinski definition) is 2. The Morgan fingerprint density at radius 1 is 1.32 bits per heavy atom. The van der Waals surface area contributed by atoms with Crippen molar-refractivity contribution in [2.45, 2.75) is 51.5 Å². The Balaban J connectivity index is 0.00000180. The molecule has 2 aliphatic rings. The maximum atomic E-state index is 5.90. The third-order valence-electron chi connectivity index (χ3n) is 4.46. The molecule has 0 radical (unpaired) electrons. The van der Waals surface area contributed by atoms with Crippen LogP contribution < -0.4 is 11.1 Å². The summed E-state index contributed by atoms with van der Waals surface area (Å²) in [4.78, 5) is 6.99. The van der Waals surface area contributed by atoms with Crippen molar-refractivity contribution >= 4 is 29.9 Å². The number of aliphatic imine (C=N–C) groups is 1. The van der Waals surface area contributed by atoms with E-state index in [9.17, 15) is 0 Å². The second-order valence-corrected chi connectivity index (χ2v) is 5.66. The Morgan fingerprint density at radius 3 is 2.74 bits per heavy atom. The molecule has 0 spiro atoms. The minimum Gasteiger partial charge on any atom is -0.370 e. The second kappa shape index (κ2) is 9.00. The van der Waals surface area contributed by atoms with Gasteiger partial charge in [-0.3, -0.25) is 9.89 Å². The highest BCUT2D eigenvalue weighted by molar-refractivity contribution is 14.0. The average Bonchev–Trinajstić information content (AvgIpc) is 2.77. The highest BCUT2D eigenvalue weighted by Crippen LogP contribution is 2.28. The van der Waals surface area contributed by atoms with Gasteiger partial charge in [0.15, 0.2) is 5.96 Å². The van der Waals surface area contributed by atoms with Crippen molar-refractivity contribution in [3.05, 3.63) is 0 Å². The monoisotopic (exact) mass is 380 g/mol. The van der Waals surface area contributed by atoms with Crippen LogP contribution >= 0.6 is 24.0 Å². The quantitative estimate of drug-likeness (QED) is 0.422. The highest BCUT2D eigenvalue weighted by Gasteiger charge is 2.22. The van der Waals surface area contributed by atoms with Gasteiger partial charge in [-0.1, -0.05) is 26.2 Å². The van der Waals surface area contributed by atoms with Crippen molar-refractivity contribution in [2.24, 2.45) is 16.6 Å². The van der Waals surface area contributed by atoms with Crippen LogP contribution in [0.3, 0.4) is 0 Å². The van der Waals surface area contributed by atoms with Crippen molar-refractivity contribution in [1.29, 1.82) is 0 Å². The second-order valence-electron chi connectivity index (χ2n) is 5.66. The van der Waals surface area contributed by atoms with Crippen LogP contribution in [0, 0.1) is 5.92 Å². The number of halogens is 1. The summed E-state index contributed by atoms with van der Waals surface area (Å²) >= 11 is 0. The van der Waals surface area contributed by atoms with Gasteiger partial charge in [0, 0.05) is 12.6 Å². The molecule has 2 rings (SSSR count). The summed E-state index contributed by atoms with van der Waals surface area (Å²) in [6, 6.07) is 0.613. The molecule has 1 saturated heterocycles. The van der Waals surface area contributed by atoms with Crippen LogP contribution in [0.15, 0.2) is 4.99 Å². The molecule has 2 fully saturated rings. The summed E-state index contributed by atoms with van der Waals surface area (Å²) in [6.45, 7) is 6.43. The fourth-order valence-electron chi connectivity index (χ4n) is 2.96. The summed E-state index contributed by atoms with van der Waals surface area (Å²) in [5.41, 5.74) is 5.90. The molecule has 1 unspecified atom stereocenters. The predicted octanol–water partition coefficient (Wildman–Crippen LogP) is 2.18. The van der Waals surface area contributed by atoms with Crippen molar-refractivity contribution in [1.82, 2.24) is 10.2 Å². The van der Waals surface area contributed by atoms with Gasteiger partial charge in [0.25, 0.3) is 0 Å². The SMILES string of the molecule is CCN1CCCC1CN=C(N)NCCC1CCC1.I. The first-order valence-electron chi connectivity index (χ1n) is 7.57. The van der Waals surface area contributed by atoms with Crippen LogP contribution in [0.1, 0.15) is 45.4 Å². The van der Waals surface area contributed by atoms with E-state index in [-0.39, 0.29) is 24.0 Å². The van der Waals surface area contributed by atoms with Crippen LogP contribution in [-0.2, 0) is 0 Å². The van der Waals surface area contributed by atoms with E-state index in [1.165, 1.54) is 45.1 Å². The zero-order chi connectivity index (χ0) is 12.8. The molecule has 0 amide bonds. The van der Waals surface area contributed by atoms with Gasteiger partial charge >= 0.3 is 0 Å². The van der Waals surface area contributed by atoms with Gasteiger partial charge in [-0.25, -0.2) is 0 Å². The van der Waals surface area contributed by atoms with E-state index in [2.05, 4.69) is 22.1 Å². The van der Waals surface area contributed by atoms with Crippen LogP contribution in [0.5, 0.6) is 0 Å². The Kier molecular flexibility index (Phi) is 8.06. The molecule has 0 aromatic rings. The minimum atomic E-state index is 0. The van der Waals surface area contributed by atoms with E-state index in [0.717, 1.165) is 25.6 Å². The van der Waals surface area contributed by atoms with Crippen molar-refractivity contribution in [2.75, 3.05) is 26.2 Å². The molecule has 0 bridgehead atoms. The lowest BCUT2D eigenvalue weighted by atomic mass is 9.83. The lowest BCUT2D eigenvalue weighted by Crippen LogP contribution is -2.36. The molecule has 5 heteroatoms. The number of guanidine groups is 1. The van der Waals surface area contributed by atoms with Gasteiger partial charge in [0.05, 0.1) is 6.54 Å². The molecule has 1 saturated carbocycles. The Hall–Kier alpha value is -0.0400. The van der Waals surface area contributed by atoms with Crippen molar-refractivity contribution in [3.63, 3.8) is 0 Å². The van der Waals surface area contributed by atoms with Crippen LogP contribution in [0.4, 0.5) is 0 Å². The molecule has 0 aromatic heterocycles. The molecule has 3 N–H and O–H groups in total. The van der Waals surface area contributed by atoms with E-state index in [4.69, 9.17) is 5.73 Å². The topological polar surface area (TPSA) is 53.6 Å². The van der Waals surface area contributed by atoms with Crippen LogP contribution in [0.2, 0.25) is 0 Å². The van der Waals surface area contributed by atoms with Gasteiger partial charge in [0.1, 0.15) is 0 Å². The molecule has 1 heterocycles. The third-order valence-corrected chi connectivity index (χ3v) is 4.46. The van der Waals surface area contributed by atoms with Gasteiger partial charge in [0.2, 0.25) is 0 Å². The summed E-state index contributed by atoms with van der Waals surface area (Å²) < 4.78 is 0. The minimum absolute atomic E-state index is 0. The fourth-order valence-corrected chi connectivity index (χ4v) is 2.96. The lowest BCUT2D eigenvalue weighted by molar-refractivity contribution is 0.273. The maximum Gasteiger partial charge on any atom is 0.188 e. The van der Waals surface area contributed by atoms with Gasteiger partial charge in [-0.15, -0.1) is 24.0 Å². The average molecular weight is 380 g/mol. The van der Waals surface area contributed by atoms with Gasteiger partial charge < -0.3 is 11.1 Å². The Labute approximate surface area is 134 Å². The number of nitrogens with one attached hydrogen (secondary N) is 1. The number of nitrogens with two attached hydrogens (primary N) is 1. The first-order valence-corrected chi connectivity index (χ1v) is 7.57. The van der Waals surface area contributed by atoms with Crippen LogP contribution in [0.25, 0.3) is 0 Å². The zero-order valence-corrected chi connectivity index (χ0v) is 14.4. The Morgan fingerprint density at radius 2 is 2.11 bits per heavy atom. The molecule has 112 valence electrons. The van der Waals surface area contributed by atoms with Crippen molar-refractivity contribution < 1.29 is 0 Å². The fraction of sp³-hybridized carbons (Fsp3) is 0.929. The standard InChI is InChI=1S/C14H28N4.HI/c1-2-18-10-4-7-13(18)11-17-14(15)16-9-8-12-5-3-6-12;/h12-13H,2-11H2,1H3,(H3,15,16,17);1H. The molecule has 1 aliphatic heterocycles. The van der Waals surface area contributed by atoms with E-state index in [1.54, 1.807) is 0 Å². The zero-order valence-electron chi connectivity index (χ0n) is 12.1. The molecular weight excluding hydrogens is 351 g/mol. The number of nitrogens with zero attached hydrogens (tertiary/aromatic N) is 2. The molecule has 4 nitrogen and oxygen atoms in total. The molecule has 0 aromatic carbocycles. The number of likely N-dealkylation sites (tertiary alicyclic amines) is 1. The summed E-state index contributed by atoms with van der Waals surface area (Å²) in [6.07, 6.45) is 8.07. The third kappa shape index (κ3) is 5.45. The van der Waals surface area contributed by atoms with Gasteiger partial charge in [-0.05, 0) is 38.3 Å². The first kappa shape index (κ1) is 17.0. The normalized spacial score (nSPS) is 24.9. The predicted molar refractivity (Wildman–Crippen MR) is 92.1 cm³/mol. The van der Waals surface area contributed by atoms with E-state index < -0.39 is 0 Å². The molecule has 1 aliphatic carbocycles. The lowest BCUT2D eigenvalue weighted by Gasteiger charge is -2.25.